The van der Waals surface area contributed by atoms with E-state index < -0.39 is 5.97 Å². The van der Waals surface area contributed by atoms with Gasteiger partial charge in [0.15, 0.2) is 0 Å². The van der Waals surface area contributed by atoms with Crippen LogP contribution in [-0.2, 0) is 11.2 Å². The number of ether oxygens (including phenoxy) is 1. The van der Waals surface area contributed by atoms with Crippen LogP contribution in [0.3, 0.4) is 0 Å². The second-order valence-electron chi connectivity index (χ2n) is 6.33. The summed E-state index contributed by atoms with van der Waals surface area (Å²) in [6, 6.07) is 20.1. The van der Waals surface area contributed by atoms with E-state index in [-0.39, 0.29) is 5.76 Å². The third-order valence-electron chi connectivity index (χ3n) is 4.52. The van der Waals surface area contributed by atoms with Crippen molar-refractivity contribution >= 4 is 16.9 Å². The maximum atomic E-state index is 11.6. The van der Waals surface area contributed by atoms with Gasteiger partial charge < -0.3 is 14.1 Å². The van der Waals surface area contributed by atoms with Crippen molar-refractivity contribution in [3.8, 4) is 11.3 Å². The van der Waals surface area contributed by atoms with Crippen molar-refractivity contribution in [2.75, 3.05) is 7.11 Å². The fourth-order valence-electron chi connectivity index (χ4n) is 3.26. The summed E-state index contributed by atoms with van der Waals surface area (Å²) in [5, 5.41) is 1.16. The Morgan fingerprint density at radius 1 is 1.08 bits per heavy atom. The summed E-state index contributed by atoms with van der Waals surface area (Å²) >= 11 is 0. The van der Waals surface area contributed by atoms with Gasteiger partial charge in [0.1, 0.15) is 5.76 Å². The number of aryl methyl sites for hydroxylation is 1. The average Bonchev–Trinajstić information content (AvgIpc) is 3.27. The van der Waals surface area contributed by atoms with E-state index in [9.17, 15) is 4.79 Å². The zero-order chi connectivity index (χ0) is 18.1. The fraction of sp³-hybridized carbons (Fsp3) is 0.136. The van der Waals surface area contributed by atoms with Crippen molar-refractivity contribution in [1.82, 2.24) is 4.98 Å². The average molecular weight is 345 g/mol. The number of hydrogen-bond acceptors (Lipinski definition) is 3. The molecule has 0 bridgehead atoms. The Kier molecular flexibility index (Phi) is 4.09. The van der Waals surface area contributed by atoms with E-state index in [1.54, 1.807) is 6.07 Å². The van der Waals surface area contributed by atoms with Crippen molar-refractivity contribution in [3.63, 3.8) is 0 Å². The highest BCUT2D eigenvalue weighted by atomic mass is 16.5. The standard InChI is InChI=1S/C22H19NO3/c1-14-8-10-17-18(13-16-9-11-20(26-16)22(24)25-2)21(23-19(17)12-14)15-6-4-3-5-7-15/h3-12,23H,13H2,1-2H3. The summed E-state index contributed by atoms with van der Waals surface area (Å²) < 4.78 is 10.4. The van der Waals surface area contributed by atoms with Crippen molar-refractivity contribution in [2.45, 2.75) is 13.3 Å². The van der Waals surface area contributed by atoms with Gasteiger partial charge >= 0.3 is 5.97 Å². The van der Waals surface area contributed by atoms with E-state index >= 15 is 0 Å². The lowest BCUT2D eigenvalue weighted by Crippen LogP contribution is -1.98. The molecule has 0 aliphatic rings. The summed E-state index contributed by atoms with van der Waals surface area (Å²) in [5.41, 5.74) is 5.64. The normalized spacial score (nSPS) is 11.0. The second-order valence-corrected chi connectivity index (χ2v) is 6.33. The van der Waals surface area contributed by atoms with Crippen LogP contribution in [0.4, 0.5) is 0 Å². The maximum absolute atomic E-state index is 11.6. The van der Waals surface area contributed by atoms with E-state index in [1.165, 1.54) is 12.7 Å². The molecule has 0 aliphatic heterocycles. The van der Waals surface area contributed by atoms with E-state index in [0.29, 0.717) is 6.42 Å². The number of H-pyrrole nitrogens is 1. The monoisotopic (exact) mass is 345 g/mol. The van der Waals surface area contributed by atoms with E-state index in [0.717, 1.165) is 33.5 Å². The van der Waals surface area contributed by atoms with Crippen LogP contribution in [0.25, 0.3) is 22.2 Å². The first-order chi connectivity index (χ1) is 12.7. The van der Waals surface area contributed by atoms with Crippen molar-refractivity contribution in [3.05, 3.63) is 83.3 Å². The van der Waals surface area contributed by atoms with E-state index in [4.69, 9.17) is 9.15 Å². The third kappa shape index (κ3) is 2.90. The Morgan fingerprint density at radius 2 is 1.88 bits per heavy atom. The molecule has 0 unspecified atom stereocenters. The van der Waals surface area contributed by atoms with Gasteiger partial charge in [0, 0.05) is 17.3 Å². The van der Waals surface area contributed by atoms with Crippen LogP contribution < -0.4 is 0 Å². The third-order valence-corrected chi connectivity index (χ3v) is 4.52. The lowest BCUT2D eigenvalue weighted by Gasteiger charge is -2.04. The van der Waals surface area contributed by atoms with Gasteiger partial charge in [0.25, 0.3) is 0 Å². The minimum atomic E-state index is -0.464. The zero-order valence-corrected chi connectivity index (χ0v) is 14.7. The first-order valence-electron chi connectivity index (χ1n) is 8.49. The smallest absolute Gasteiger partial charge is 0.373 e. The maximum Gasteiger partial charge on any atom is 0.373 e. The Morgan fingerprint density at radius 3 is 2.65 bits per heavy atom. The zero-order valence-electron chi connectivity index (χ0n) is 14.7. The number of fused-ring (bicyclic) bond motifs is 1. The summed E-state index contributed by atoms with van der Waals surface area (Å²) in [4.78, 5) is 15.2. The van der Waals surface area contributed by atoms with Gasteiger partial charge in [0.2, 0.25) is 5.76 Å². The Labute approximate surface area is 151 Å². The molecular weight excluding hydrogens is 326 g/mol. The molecule has 2 heterocycles. The van der Waals surface area contributed by atoms with Gasteiger partial charge in [-0.15, -0.1) is 0 Å². The van der Waals surface area contributed by atoms with Crippen LogP contribution in [0.15, 0.2) is 65.1 Å². The Hall–Kier alpha value is -3.27. The molecule has 0 atom stereocenters. The molecule has 0 fully saturated rings. The molecule has 2 aromatic carbocycles. The van der Waals surface area contributed by atoms with Crippen LogP contribution in [0.2, 0.25) is 0 Å². The molecule has 4 nitrogen and oxygen atoms in total. The summed E-state index contributed by atoms with van der Waals surface area (Å²) in [5.74, 6) is 0.484. The Bertz CT molecular complexity index is 1070. The van der Waals surface area contributed by atoms with Gasteiger partial charge in [-0.25, -0.2) is 4.79 Å². The minimum Gasteiger partial charge on any atom is -0.463 e. The van der Waals surface area contributed by atoms with E-state index in [2.05, 4.69) is 42.2 Å². The highest BCUT2D eigenvalue weighted by Gasteiger charge is 2.17. The molecule has 4 heteroatoms. The molecular formula is C22H19NO3. The van der Waals surface area contributed by atoms with Gasteiger partial charge in [-0.05, 0) is 41.8 Å². The number of nitrogens with one attached hydrogen (secondary N) is 1. The summed E-state index contributed by atoms with van der Waals surface area (Å²) in [6.45, 7) is 2.08. The quantitative estimate of drug-likeness (QED) is 0.523. The number of esters is 1. The highest BCUT2D eigenvalue weighted by molar-refractivity contribution is 5.91. The molecule has 1 N–H and O–H groups in total. The number of methoxy groups -OCH3 is 1. The van der Waals surface area contributed by atoms with Gasteiger partial charge in [-0.2, -0.15) is 0 Å². The minimum absolute atomic E-state index is 0.222. The largest absolute Gasteiger partial charge is 0.463 e. The number of carbonyl (C=O) groups excluding carboxylic acids is 1. The Balaban J connectivity index is 1.82. The lowest BCUT2D eigenvalue weighted by atomic mass is 10.0. The number of hydrogen-bond donors (Lipinski definition) is 1. The van der Waals surface area contributed by atoms with Gasteiger partial charge in [0.05, 0.1) is 12.8 Å². The molecule has 0 saturated heterocycles. The number of aromatic amines is 1. The number of aromatic nitrogens is 1. The summed E-state index contributed by atoms with van der Waals surface area (Å²) in [6.07, 6.45) is 0.588. The van der Waals surface area contributed by atoms with Gasteiger partial charge in [-0.1, -0.05) is 42.5 Å². The molecule has 0 amide bonds. The van der Waals surface area contributed by atoms with Crippen LogP contribution in [0, 0.1) is 6.92 Å². The number of benzene rings is 2. The molecule has 0 spiro atoms. The number of rotatable bonds is 4. The van der Waals surface area contributed by atoms with Crippen molar-refractivity contribution < 1.29 is 13.9 Å². The van der Waals surface area contributed by atoms with Crippen molar-refractivity contribution in [1.29, 1.82) is 0 Å². The molecule has 0 aliphatic carbocycles. The lowest BCUT2D eigenvalue weighted by molar-refractivity contribution is 0.0563. The first-order valence-corrected chi connectivity index (χ1v) is 8.49. The fourth-order valence-corrected chi connectivity index (χ4v) is 3.26. The van der Waals surface area contributed by atoms with Crippen molar-refractivity contribution in [2.24, 2.45) is 0 Å². The predicted molar refractivity (Wildman–Crippen MR) is 101 cm³/mol. The second kappa shape index (κ2) is 6.56. The van der Waals surface area contributed by atoms with Crippen LogP contribution >= 0.6 is 0 Å². The first kappa shape index (κ1) is 16.2. The van der Waals surface area contributed by atoms with Crippen LogP contribution in [-0.4, -0.2) is 18.1 Å². The summed E-state index contributed by atoms with van der Waals surface area (Å²) in [7, 11) is 1.35. The van der Waals surface area contributed by atoms with Crippen LogP contribution in [0.5, 0.6) is 0 Å². The molecule has 4 aromatic rings. The molecule has 4 rings (SSSR count). The topological polar surface area (TPSA) is 55.2 Å². The molecule has 2 aromatic heterocycles. The predicted octanol–water partition coefficient (Wildman–Crippen LogP) is 5.11. The highest BCUT2D eigenvalue weighted by Crippen LogP contribution is 2.33. The molecule has 0 radical (unpaired) electrons. The SMILES string of the molecule is COC(=O)c1ccc(Cc2c(-c3ccccc3)[nH]c3cc(C)ccc23)o1. The molecule has 26 heavy (non-hydrogen) atoms. The van der Waals surface area contributed by atoms with Crippen LogP contribution in [0.1, 0.15) is 27.4 Å². The molecule has 0 saturated carbocycles. The number of furan rings is 1. The van der Waals surface area contributed by atoms with Gasteiger partial charge in [-0.3, -0.25) is 0 Å². The van der Waals surface area contributed by atoms with E-state index in [1.807, 2.05) is 24.3 Å². The number of carbonyl (C=O) groups is 1. The molecule has 130 valence electrons.